The molecule has 0 unspecified atom stereocenters. The van der Waals surface area contributed by atoms with Gasteiger partial charge in [0, 0.05) is 21.4 Å². The zero-order chi connectivity index (χ0) is 24.7. The van der Waals surface area contributed by atoms with Gasteiger partial charge in [-0.25, -0.2) is 4.79 Å². The van der Waals surface area contributed by atoms with Gasteiger partial charge in [0.2, 0.25) is 5.91 Å². The number of nitrogens with zero attached hydrogens (tertiary/aromatic N) is 1. The Morgan fingerprint density at radius 1 is 1.24 bits per heavy atom. The maximum Gasteiger partial charge on any atom is 0.337 e. The number of hydrogen-bond acceptors (Lipinski definition) is 6. The number of carbonyl (C=O) groups excluding carboxylic acids is 2. The van der Waals surface area contributed by atoms with Crippen molar-refractivity contribution in [1.29, 1.82) is 5.26 Å². The van der Waals surface area contributed by atoms with Gasteiger partial charge in [-0.3, -0.25) is 4.79 Å². The second-order valence-corrected chi connectivity index (χ2v) is 9.10. The first-order valence-corrected chi connectivity index (χ1v) is 11.9. The predicted molar refractivity (Wildman–Crippen MR) is 136 cm³/mol. The Morgan fingerprint density at radius 3 is 2.62 bits per heavy atom. The number of rotatable bonds is 8. The number of amides is 1. The van der Waals surface area contributed by atoms with Gasteiger partial charge >= 0.3 is 5.97 Å². The van der Waals surface area contributed by atoms with E-state index in [1.165, 1.54) is 17.8 Å². The number of thioether (sulfide) groups is 1. The Bertz CT molecular complexity index is 1220. The lowest BCUT2D eigenvalue weighted by Crippen LogP contribution is -2.29. The summed E-state index contributed by atoms with van der Waals surface area (Å²) < 4.78 is 5.28. The smallest absolute Gasteiger partial charge is 0.337 e. The average molecular weight is 514 g/mol. The van der Waals surface area contributed by atoms with Crippen LogP contribution < -0.4 is 10.6 Å². The molecule has 1 heterocycles. The Hall–Kier alpha value is -3.18. The molecule has 34 heavy (non-hydrogen) atoms. The van der Waals surface area contributed by atoms with E-state index in [-0.39, 0.29) is 18.3 Å². The number of dihydropyridines is 1. The number of esters is 1. The maximum atomic E-state index is 12.9. The molecule has 2 aromatic carbocycles. The summed E-state index contributed by atoms with van der Waals surface area (Å²) in [5, 5.41) is 17.5. The van der Waals surface area contributed by atoms with E-state index in [0.717, 1.165) is 0 Å². The molecule has 0 spiro atoms. The zero-order valence-electron chi connectivity index (χ0n) is 18.2. The molecule has 1 aliphatic heterocycles. The van der Waals surface area contributed by atoms with E-state index in [1.54, 1.807) is 55.5 Å². The van der Waals surface area contributed by atoms with Crippen molar-refractivity contribution < 1.29 is 14.3 Å². The highest BCUT2D eigenvalue weighted by atomic mass is 35.5. The monoisotopic (exact) mass is 513 g/mol. The third-order valence-electron chi connectivity index (χ3n) is 4.86. The fraction of sp³-hybridized carbons (Fsp3) is 0.160. The standard InChI is InChI=1S/C25H21Cl2N3O3S/c1-3-11-33-25(32)22-15(2)29-24(20(13-28)23(22)16-7-9-17(26)10-8-16)34-14-21(31)30-19-6-4-5-18(27)12-19/h3-10,12,23,29H,1,11,14H2,2H3,(H,30,31)/t23-/m0/s1. The Morgan fingerprint density at radius 2 is 1.97 bits per heavy atom. The lowest BCUT2D eigenvalue weighted by molar-refractivity contribution is -0.138. The number of halogens is 2. The topological polar surface area (TPSA) is 91.2 Å². The molecule has 1 atom stereocenters. The van der Waals surface area contributed by atoms with Crippen LogP contribution in [0.15, 0.2) is 83.1 Å². The van der Waals surface area contributed by atoms with E-state index < -0.39 is 11.9 Å². The summed E-state index contributed by atoms with van der Waals surface area (Å²) in [4.78, 5) is 25.4. The van der Waals surface area contributed by atoms with Gasteiger partial charge in [-0.1, -0.05) is 65.8 Å². The van der Waals surface area contributed by atoms with Crippen LogP contribution in [-0.4, -0.2) is 24.2 Å². The van der Waals surface area contributed by atoms with Crippen LogP contribution in [0.25, 0.3) is 0 Å². The van der Waals surface area contributed by atoms with Gasteiger partial charge in [0.15, 0.2) is 0 Å². The van der Waals surface area contributed by atoms with Gasteiger partial charge in [-0.05, 0) is 42.8 Å². The van der Waals surface area contributed by atoms with E-state index >= 15 is 0 Å². The van der Waals surface area contributed by atoms with Crippen molar-refractivity contribution in [2.75, 3.05) is 17.7 Å². The lowest BCUT2D eigenvalue weighted by Gasteiger charge is -2.29. The fourth-order valence-electron chi connectivity index (χ4n) is 3.40. The molecule has 0 aromatic heterocycles. The van der Waals surface area contributed by atoms with E-state index in [1.807, 2.05) is 0 Å². The van der Waals surface area contributed by atoms with Crippen molar-refractivity contribution in [1.82, 2.24) is 5.32 Å². The molecule has 6 nitrogen and oxygen atoms in total. The molecular weight excluding hydrogens is 493 g/mol. The third-order valence-corrected chi connectivity index (χ3v) is 6.36. The zero-order valence-corrected chi connectivity index (χ0v) is 20.6. The SMILES string of the molecule is C=CCOC(=O)C1=C(C)NC(SCC(=O)Nc2cccc(Cl)c2)=C(C#N)[C@@H]1c1ccc(Cl)cc1. The van der Waals surface area contributed by atoms with Gasteiger partial charge in [-0.15, -0.1) is 0 Å². The van der Waals surface area contributed by atoms with E-state index in [4.69, 9.17) is 27.9 Å². The minimum absolute atomic E-state index is 0.0386. The lowest BCUT2D eigenvalue weighted by atomic mass is 9.82. The highest BCUT2D eigenvalue weighted by molar-refractivity contribution is 8.03. The normalized spacial score (nSPS) is 15.3. The van der Waals surface area contributed by atoms with Crippen molar-refractivity contribution >= 4 is 52.5 Å². The Kier molecular flexibility index (Phi) is 8.83. The molecule has 0 aliphatic carbocycles. The van der Waals surface area contributed by atoms with Crippen LogP contribution in [0, 0.1) is 11.3 Å². The molecule has 174 valence electrons. The van der Waals surface area contributed by atoms with Gasteiger partial charge in [0.05, 0.1) is 33.9 Å². The minimum Gasteiger partial charge on any atom is -0.458 e. The second-order valence-electron chi connectivity index (χ2n) is 7.24. The van der Waals surface area contributed by atoms with Gasteiger partial charge in [0.25, 0.3) is 0 Å². The second kappa shape index (κ2) is 11.8. The first-order chi connectivity index (χ1) is 16.3. The summed E-state index contributed by atoms with van der Waals surface area (Å²) in [5.41, 5.74) is 2.43. The molecule has 9 heteroatoms. The predicted octanol–water partition coefficient (Wildman–Crippen LogP) is 5.79. The van der Waals surface area contributed by atoms with Gasteiger partial charge < -0.3 is 15.4 Å². The molecule has 1 amide bonds. The highest BCUT2D eigenvalue weighted by Crippen LogP contribution is 2.41. The van der Waals surface area contributed by atoms with Crippen LogP contribution >= 0.6 is 35.0 Å². The first kappa shape index (κ1) is 25.4. The molecular formula is C25H21Cl2N3O3S. The average Bonchev–Trinajstić information content (AvgIpc) is 2.81. The molecule has 2 aromatic rings. The van der Waals surface area contributed by atoms with Crippen molar-refractivity contribution in [2.24, 2.45) is 0 Å². The Balaban J connectivity index is 1.89. The summed E-state index contributed by atoms with van der Waals surface area (Å²) in [5.74, 6) is -1.46. The number of allylic oxidation sites excluding steroid dienone is 2. The third kappa shape index (κ3) is 6.23. The van der Waals surface area contributed by atoms with Crippen LogP contribution in [0.1, 0.15) is 18.4 Å². The van der Waals surface area contributed by atoms with E-state index in [0.29, 0.717) is 43.2 Å². The molecule has 0 radical (unpaired) electrons. The number of anilines is 1. The number of carbonyl (C=O) groups is 2. The number of nitrogens with one attached hydrogen (secondary N) is 2. The molecule has 0 saturated carbocycles. The number of benzene rings is 2. The van der Waals surface area contributed by atoms with Crippen LogP contribution in [0.3, 0.4) is 0 Å². The number of nitriles is 1. The number of hydrogen-bond donors (Lipinski definition) is 2. The molecule has 1 aliphatic rings. The molecule has 3 rings (SSSR count). The quantitative estimate of drug-likeness (QED) is 0.342. The highest BCUT2D eigenvalue weighted by Gasteiger charge is 2.35. The summed E-state index contributed by atoms with van der Waals surface area (Å²) in [6, 6.07) is 16.0. The van der Waals surface area contributed by atoms with Crippen LogP contribution in [0.4, 0.5) is 5.69 Å². The summed E-state index contributed by atoms with van der Waals surface area (Å²) >= 11 is 13.2. The fourth-order valence-corrected chi connectivity index (χ4v) is 4.61. The molecule has 0 saturated heterocycles. The Labute approximate surface area is 212 Å². The van der Waals surface area contributed by atoms with Crippen LogP contribution in [0.5, 0.6) is 0 Å². The molecule has 2 N–H and O–H groups in total. The van der Waals surface area contributed by atoms with Crippen molar-refractivity contribution in [3.8, 4) is 6.07 Å². The van der Waals surface area contributed by atoms with Crippen LogP contribution in [-0.2, 0) is 14.3 Å². The number of ether oxygens (including phenoxy) is 1. The first-order valence-electron chi connectivity index (χ1n) is 10.2. The summed E-state index contributed by atoms with van der Waals surface area (Å²) in [6.45, 7) is 5.34. The summed E-state index contributed by atoms with van der Waals surface area (Å²) in [7, 11) is 0. The van der Waals surface area contributed by atoms with Crippen molar-refractivity contribution in [2.45, 2.75) is 12.8 Å². The van der Waals surface area contributed by atoms with Crippen molar-refractivity contribution in [3.05, 3.63) is 98.7 Å². The van der Waals surface area contributed by atoms with Gasteiger partial charge in [0.1, 0.15) is 6.61 Å². The maximum absolute atomic E-state index is 12.9. The molecule has 0 bridgehead atoms. The van der Waals surface area contributed by atoms with E-state index in [2.05, 4.69) is 23.3 Å². The molecule has 0 fully saturated rings. The minimum atomic E-state index is -0.681. The van der Waals surface area contributed by atoms with Crippen LogP contribution in [0.2, 0.25) is 10.0 Å². The van der Waals surface area contributed by atoms with E-state index in [9.17, 15) is 14.9 Å². The van der Waals surface area contributed by atoms with Crippen molar-refractivity contribution in [3.63, 3.8) is 0 Å². The largest absolute Gasteiger partial charge is 0.458 e. The summed E-state index contributed by atoms with van der Waals surface area (Å²) in [6.07, 6.45) is 1.47. The van der Waals surface area contributed by atoms with Gasteiger partial charge in [-0.2, -0.15) is 5.26 Å².